The third kappa shape index (κ3) is 5.55. The van der Waals surface area contributed by atoms with Gasteiger partial charge in [-0.2, -0.15) is 0 Å². The quantitative estimate of drug-likeness (QED) is 0.168. The molecule has 0 N–H and O–H groups in total. The van der Waals surface area contributed by atoms with Gasteiger partial charge in [-0.15, -0.1) is 0 Å². The molecular weight excluding hydrogens is 771 g/mol. The first-order valence-corrected chi connectivity index (χ1v) is 21.2. The van der Waals surface area contributed by atoms with Crippen LogP contribution in [0.2, 0.25) is 0 Å². The Kier molecular flexibility index (Phi) is 7.80. The Hall–Kier alpha value is -8.61. The summed E-state index contributed by atoms with van der Waals surface area (Å²) in [6.07, 6.45) is 0. The Morgan fingerprint density at radius 3 is 1.48 bits per heavy atom. The SMILES string of the molecule is c1ccc(-c2nc(-c3ccc(-c4ccccc4)c(-n4c5ccccc5c5cccc(-n6c7ccccc7c7ccccc76)c54)c3)nc(-c3ccc4c(c3)oc3ccccc34)n2)cc1. The van der Waals surface area contributed by atoms with Crippen molar-refractivity contribution in [1.82, 2.24) is 24.1 Å². The molecule has 9 aromatic carbocycles. The molecule has 0 saturated carbocycles. The lowest BCUT2D eigenvalue weighted by atomic mass is 10.0. The van der Waals surface area contributed by atoms with Gasteiger partial charge >= 0.3 is 0 Å². The topological polar surface area (TPSA) is 61.7 Å². The van der Waals surface area contributed by atoms with E-state index in [2.05, 4.69) is 167 Å². The van der Waals surface area contributed by atoms with E-state index >= 15 is 0 Å². The third-order valence-electron chi connectivity index (χ3n) is 12.4. The van der Waals surface area contributed by atoms with Crippen molar-refractivity contribution in [2.24, 2.45) is 0 Å². The number of hydrogen-bond acceptors (Lipinski definition) is 4. The summed E-state index contributed by atoms with van der Waals surface area (Å²) in [7, 11) is 0. The van der Waals surface area contributed by atoms with Gasteiger partial charge in [-0.1, -0.05) is 164 Å². The van der Waals surface area contributed by atoms with Crippen LogP contribution in [0.15, 0.2) is 217 Å². The van der Waals surface area contributed by atoms with E-state index in [9.17, 15) is 0 Å². The summed E-state index contributed by atoms with van der Waals surface area (Å²) in [5.74, 6) is 1.74. The van der Waals surface area contributed by atoms with E-state index in [1.54, 1.807) is 0 Å². The standard InChI is InChI=1S/C57H35N5O/c1-3-16-36(17-4-1)40-32-30-38(56-58-55(37-18-5-2-6-19-37)59-57(60-56)39-31-33-45-44-23-10-14-29-52(44)63-53(45)35-39)34-51(40)62-49-27-13-9-22-43(49)46-24-15-28-50(54(46)62)61-47-25-11-7-20-41(47)42-21-8-12-26-48(42)61/h1-35H. The predicted octanol–water partition coefficient (Wildman–Crippen LogP) is 14.6. The van der Waals surface area contributed by atoms with Crippen LogP contribution in [0.3, 0.4) is 0 Å². The predicted molar refractivity (Wildman–Crippen MR) is 258 cm³/mol. The first-order chi connectivity index (χ1) is 31.2. The number of aromatic nitrogens is 5. The van der Waals surface area contributed by atoms with Crippen LogP contribution in [0.4, 0.5) is 0 Å². The van der Waals surface area contributed by atoms with E-state index in [-0.39, 0.29) is 0 Å². The molecule has 0 atom stereocenters. The van der Waals surface area contributed by atoms with Crippen LogP contribution in [0, 0.1) is 0 Å². The molecule has 0 bridgehead atoms. The average molecular weight is 806 g/mol. The summed E-state index contributed by atoms with van der Waals surface area (Å²) >= 11 is 0. The van der Waals surface area contributed by atoms with Crippen LogP contribution in [-0.2, 0) is 0 Å². The molecule has 6 nitrogen and oxygen atoms in total. The summed E-state index contributed by atoms with van der Waals surface area (Å²) in [6, 6.07) is 74.6. The highest BCUT2D eigenvalue weighted by molar-refractivity contribution is 6.15. The Morgan fingerprint density at radius 2 is 0.794 bits per heavy atom. The molecule has 0 unspecified atom stereocenters. The second kappa shape index (κ2) is 14.0. The Labute approximate surface area is 361 Å². The maximum Gasteiger partial charge on any atom is 0.164 e. The van der Waals surface area contributed by atoms with Crippen molar-refractivity contribution in [3.8, 4) is 56.7 Å². The molecule has 63 heavy (non-hydrogen) atoms. The fourth-order valence-corrected chi connectivity index (χ4v) is 9.55. The molecule has 0 aliphatic carbocycles. The number of nitrogens with zero attached hydrogens (tertiary/aromatic N) is 5. The molecule has 0 aliphatic rings. The Morgan fingerprint density at radius 1 is 0.302 bits per heavy atom. The summed E-state index contributed by atoms with van der Waals surface area (Å²) in [5, 5.41) is 6.92. The van der Waals surface area contributed by atoms with E-state index in [4.69, 9.17) is 19.4 Å². The van der Waals surface area contributed by atoms with Gasteiger partial charge in [0.25, 0.3) is 0 Å². The first-order valence-electron chi connectivity index (χ1n) is 21.2. The summed E-state index contributed by atoms with van der Waals surface area (Å²) < 4.78 is 11.2. The molecular formula is C57H35N5O. The van der Waals surface area contributed by atoms with Gasteiger partial charge in [0.05, 0.1) is 33.4 Å². The minimum atomic E-state index is 0.570. The molecule has 4 aromatic heterocycles. The number of para-hydroxylation sites is 5. The van der Waals surface area contributed by atoms with Crippen molar-refractivity contribution in [3.05, 3.63) is 212 Å². The largest absolute Gasteiger partial charge is 0.456 e. The van der Waals surface area contributed by atoms with E-state index in [1.165, 1.54) is 21.5 Å². The number of rotatable bonds is 6. The lowest BCUT2D eigenvalue weighted by Gasteiger charge is -2.18. The van der Waals surface area contributed by atoms with Crippen LogP contribution in [-0.4, -0.2) is 24.1 Å². The zero-order valence-electron chi connectivity index (χ0n) is 33.9. The normalized spacial score (nSPS) is 11.8. The van der Waals surface area contributed by atoms with Crippen LogP contribution < -0.4 is 0 Å². The van der Waals surface area contributed by atoms with E-state index in [1.807, 2.05) is 54.6 Å². The van der Waals surface area contributed by atoms with Crippen molar-refractivity contribution in [3.63, 3.8) is 0 Å². The molecule has 0 radical (unpaired) electrons. The molecule has 13 rings (SSSR count). The van der Waals surface area contributed by atoms with Gasteiger partial charge in [0, 0.05) is 54.6 Å². The number of fused-ring (bicyclic) bond motifs is 9. The van der Waals surface area contributed by atoms with E-state index in [0.29, 0.717) is 17.5 Å². The van der Waals surface area contributed by atoms with Gasteiger partial charge in [0.1, 0.15) is 11.2 Å². The van der Waals surface area contributed by atoms with Crippen molar-refractivity contribution < 1.29 is 4.42 Å². The molecule has 6 heteroatoms. The van der Waals surface area contributed by atoms with Gasteiger partial charge < -0.3 is 13.6 Å². The van der Waals surface area contributed by atoms with Gasteiger partial charge in [-0.25, -0.2) is 15.0 Å². The van der Waals surface area contributed by atoms with Crippen molar-refractivity contribution in [2.45, 2.75) is 0 Å². The highest BCUT2D eigenvalue weighted by atomic mass is 16.3. The Bertz CT molecular complexity index is 3860. The van der Waals surface area contributed by atoms with Crippen LogP contribution in [0.5, 0.6) is 0 Å². The van der Waals surface area contributed by atoms with Crippen LogP contribution in [0.25, 0.3) is 122 Å². The molecule has 0 fully saturated rings. The molecule has 13 aromatic rings. The molecule has 294 valence electrons. The Balaban J connectivity index is 1.09. The minimum Gasteiger partial charge on any atom is -0.456 e. The smallest absolute Gasteiger partial charge is 0.164 e. The number of hydrogen-bond donors (Lipinski definition) is 0. The average Bonchev–Trinajstić information content (AvgIpc) is 4.02. The molecule has 0 amide bonds. The minimum absolute atomic E-state index is 0.570. The van der Waals surface area contributed by atoms with Crippen LogP contribution >= 0.6 is 0 Å². The van der Waals surface area contributed by atoms with Crippen molar-refractivity contribution in [2.75, 3.05) is 0 Å². The second-order valence-corrected chi connectivity index (χ2v) is 16.0. The van der Waals surface area contributed by atoms with E-state index in [0.717, 1.165) is 83.2 Å². The molecule has 0 saturated heterocycles. The molecule has 0 spiro atoms. The van der Waals surface area contributed by atoms with Gasteiger partial charge in [0.2, 0.25) is 0 Å². The zero-order valence-corrected chi connectivity index (χ0v) is 33.9. The van der Waals surface area contributed by atoms with Gasteiger partial charge in [0.15, 0.2) is 17.5 Å². The number of benzene rings is 9. The van der Waals surface area contributed by atoms with Gasteiger partial charge in [-0.05, 0) is 54.1 Å². The molecule has 0 aliphatic heterocycles. The first kappa shape index (κ1) is 35.2. The second-order valence-electron chi connectivity index (χ2n) is 16.0. The lowest BCUT2D eigenvalue weighted by molar-refractivity contribution is 0.669. The molecule has 4 heterocycles. The van der Waals surface area contributed by atoms with Crippen LogP contribution in [0.1, 0.15) is 0 Å². The summed E-state index contributed by atoms with van der Waals surface area (Å²) in [4.78, 5) is 15.6. The van der Waals surface area contributed by atoms with Crippen molar-refractivity contribution >= 4 is 65.6 Å². The monoisotopic (exact) mass is 805 g/mol. The third-order valence-corrected chi connectivity index (χ3v) is 12.4. The maximum atomic E-state index is 6.33. The maximum absolute atomic E-state index is 6.33. The fourth-order valence-electron chi connectivity index (χ4n) is 9.55. The van der Waals surface area contributed by atoms with E-state index < -0.39 is 0 Å². The van der Waals surface area contributed by atoms with Crippen molar-refractivity contribution in [1.29, 1.82) is 0 Å². The highest BCUT2D eigenvalue weighted by Gasteiger charge is 2.23. The number of furan rings is 1. The lowest BCUT2D eigenvalue weighted by Crippen LogP contribution is -2.04. The zero-order chi connectivity index (χ0) is 41.4. The van der Waals surface area contributed by atoms with Gasteiger partial charge in [-0.3, -0.25) is 0 Å². The highest BCUT2D eigenvalue weighted by Crippen LogP contribution is 2.42. The summed E-state index contributed by atoms with van der Waals surface area (Å²) in [5.41, 5.74) is 13.1. The summed E-state index contributed by atoms with van der Waals surface area (Å²) in [6.45, 7) is 0. The fraction of sp³-hybridized carbons (Fsp3) is 0.